The van der Waals surface area contributed by atoms with E-state index in [1.807, 2.05) is 4.90 Å². The Bertz CT molecular complexity index is 1110. The molecule has 1 saturated heterocycles. The highest BCUT2D eigenvalue weighted by Gasteiger charge is 2.34. The van der Waals surface area contributed by atoms with Crippen molar-refractivity contribution in [2.45, 2.75) is 51.0 Å². The van der Waals surface area contributed by atoms with Gasteiger partial charge in [0.2, 0.25) is 5.91 Å². The van der Waals surface area contributed by atoms with Crippen molar-refractivity contribution in [1.29, 1.82) is 0 Å². The Morgan fingerprint density at radius 3 is 2.62 bits per heavy atom. The van der Waals surface area contributed by atoms with Crippen molar-refractivity contribution in [2.24, 2.45) is 5.92 Å². The zero-order valence-electron chi connectivity index (χ0n) is 18.0. The van der Waals surface area contributed by atoms with Crippen molar-refractivity contribution in [1.82, 2.24) is 19.8 Å². The van der Waals surface area contributed by atoms with Gasteiger partial charge in [0, 0.05) is 37.0 Å². The lowest BCUT2D eigenvalue weighted by molar-refractivity contribution is -0.134. The minimum Gasteiger partial charge on any atom is -0.342 e. The minimum atomic E-state index is -0.555. The lowest BCUT2D eigenvalue weighted by atomic mass is 10.0. The number of hydrogen-bond acceptors (Lipinski definition) is 4. The third kappa shape index (κ3) is 3.82. The van der Waals surface area contributed by atoms with Gasteiger partial charge in [0.15, 0.2) is 0 Å². The molecule has 1 aliphatic carbocycles. The van der Waals surface area contributed by atoms with Crippen LogP contribution in [0.1, 0.15) is 65.5 Å². The molecule has 2 amide bonds. The van der Waals surface area contributed by atoms with Crippen LogP contribution in [0, 0.1) is 11.7 Å². The highest BCUT2D eigenvalue weighted by Crippen LogP contribution is 2.31. The van der Waals surface area contributed by atoms with Gasteiger partial charge in [-0.1, -0.05) is 25.0 Å². The maximum absolute atomic E-state index is 14.1. The summed E-state index contributed by atoms with van der Waals surface area (Å²) in [7, 11) is 0. The number of benzene rings is 1. The van der Waals surface area contributed by atoms with Crippen molar-refractivity contribution >= 4 is 11.8 Å². The zero-order chi connectivity index (χ0) is 22.2. The second-order valence-electron chi connectivity index (χ2n) is 9.08. The van der Waals surface area contributed by atoms with Crippen molar-refractivity contribution in [3.05, 3.63) is 63.1 Å². The van der Waals surface area contributed by atoms with E-state index in [1.54, 1.807) is 17.0 Å². The normalized spacial score (nSPS) is 21.1. The Hall–Kier alpha value is -3.03. The van der Waals surface area contributed by atoms with Gasteiger partial charge in [-0.3, -0.25) is 14.4 Å². The number of halogens is 1. The molecular weight excluding hydrogens is 411 g/mol. The summed E-state index contributed by atoms with van der Waals surface area (Å²) >= 11 is 0. The number of rotatable bonds is 3. The third-order valence-electron chi connectivity index (χ3n) is 7.07. The molecule has 2 aliphatic heterocycles. The van der Waals surface area contributed by atoms with Crippen LogP contribution < -0.4 is 5.56 Å². The van der Waals surface area contributed by atoms with Gasteiger partial charge in [0.25, 0.3) is 11.5 Å². The predicted octanol–water partition coefficient (Wildman–Crippen LogP) is 2.61. The van der Waals surface area contributed by atoms with Gasteiger partial charge < -0.3 is 14.8 Å². The average molecular weight is 439 g/mol. The molecule has 3 heterocycles. The first-order valence-corrected chi connectivity index (χ1v) is 11.5. The van der Waals surface area contributed by atoms with Crippen LogP contribution in [-0.2, 0) is 17.8 Å². The molecule has 1 N–H and O–H groups in total. The van der Waals surface area contributed by atoms with Crippen LogP contribution in [-0.4, -0.2) is 51.2 Å². The summed E-state index contributed by atoms with van der Waals surface area (Å²) in [6.45, 7) is 1.77. The number of fused-ring (bicyclic) bond motifs is 1. The molecule has 5 rings (SSSR count). The van der Waals surface area contributed by atoms with Gasteiger partial charge in [0.05, 0.1) is 17.8 Å². The van der Waals surface area contributed by atoms with Gasteiger partial charge in [-0.15, -0.1) is 0 Å². The summed E-state index contributed by atoms with van der Waals surface area (Å²) in [5.74, 6) is -0.0201. The first-order chi connectivity index (χ1) is 15.5. The molecule has 168 valence electrons. The molecule has 0 radical (unpaired) electrons. The quantitative estimate of drug-likeness (QED) is 0.798. The Morgan fingerprint density at radius 1 is 1.06 bits per heavy atom. The highest BCUT2D eigenvalue weighted by molar-refractivity contribution is 5.94. The van der Waals surface area contributed by atoms with Gasteiger partial charge in [0.1, 0.15) is 11.6 Å². The van der Waals surface area contributed by atoms with Crippen molar-refractivity contribution < 1.29 is 14.0 Å². The molecule has 0 bridgehead atoms. The van der Waals surface area contributed by atoms with E-state index in [0.29, 0.717) is 43.1 Å². The van der Waals surface area contributed by atoms with Gasteiger partial charge in [-0.2, -0.15) is 0 Å². The lowest BCUT2D eigenvalue weighted by Crippen LogP contribution is -2.40. The topological polar surface area (TPSA) is 86.4 Å². The molecule has 3 aliphatic rings. The largest absolute Gasteiger partial charge is 0.342 e. The number of aromatic nitrogens is 2. The van der Waals surface area contributed by atoms with E-state index < -0.39 is 11.7 Å². The highest BCUT2D eigenvalue weighted by atomic mass is 19.1. The first kappa shape index (κ1) is 20.8. The molecule has 2 fully saturated rings. The fourth-order valence-corrected chi connectivity index (χ4v) is 5.25. The van der Waals surface area contributed by atoms with E-state index in [9.17, 15) is 18.8 Å². The van der Waals surface area contributed by atoms with Crippen LogP contribution in [0.3, 0.4) is 0 Å². The number of nitrogens with one attached hydrogen (secondary N) is 1. The Balaban J connectivity index is 1.33. The summed E-state index contributed by atoms with van der Waals surface area (Å²) < 4.78 is 14.1. The van der Waals surface area contributed by atoms with Crippen molar-refractivity contribution in [3.63, 3.8) is 0 Å². The maximum atomic E-state index is 14.1. The smallest absolute Gasteiger partial charge is 0.257 e. The average Bonchev–Trinajstić information content (AvgIpc) is 3.51. The SMILES string of the molecule is O=C(c1ccccc1F)N1CCc2c(nc(C3CCN(C(=O)C4CCCC4)C3)[nH]c2=O)C1. The summed E-state index contributed by atoms with van der Waals surface area (Å²) in [5, 5.41) is 0. The third-order valence-corrected chi connectivity index (χ3v) is 7.07. The van der Waals surface area contributed by atoms with Crippen molar-refractivity contribution in [3.8, 4) is 0 Å². The van der Waals surface area contributed by atoms with Crippen LogP contribution in [0.25, 0.3) is 0 Å². The summed E-state index contributed by atoms with van der Waals surface area (Å²) in [4.78, 5) is 49.4. The van der Waals surface area contributed by atoms with Crippen LogP contribution in [0.15, 0.2) is 29.1 Å². The second kappa shape index (κ2) is 8.48. The number of carbonyl (C=O) groups excluding carboxylic acids is 2. The number of H-pyrrole nitrogens is 1. The van der Waals surface area contributed by atoms with Crippen molar-refractivity contribution in [2.75, 3.05) is 19.6 Å². The van der Waals surface area contributed by atoms with Gasteiger partial charge >= 0.3 is 0 Å². The molecule has 0 spiro atoms. The van der Waals surface area contributed by atoms with Crippen LogP contribution >= 0.6 is 0 Å². The molecular formula is C24H27FN4O3. The molecule has 1 saturated carbocycles. The number of carbonyl (C=O) groups is 2. The van der Waals surface area contributed by atoms with Gasteiger partial charge in [-0.05, 0) is 37.8 Å². The van der Waals surface area contributed by atoms with Crippen LogP contribution in [0.5, 0.6) is 0 Å². The van der Waals surface area contributed by atoms with E-state index in [2.05, 4.69) is 4.98 Å². The Kier molecular flexibility index (Phi) is 5.53. The minimum absolute atomic E-state index is 0.0176. The molecule has 8 heteroatoms. The van der Waals surface area contributed by atoms with E-state index in [0.717, 1.165) is 32.1 Å². The van der Waals surface area contributed by atoms with E-state index in [-0.39, 0.29) is 35.4 Å². The monoisotopic (exact) mass is 438 g/mol. The fourth-order valence-electron chi connectivity index (χ4n) is 5.25. The first-order valence-electron chi connectivity index (χ1n) is 11.5. The number of hydrogen-bond donors (Lipinski definition) is 1. The molecule has 7 nitrogen and oxygen atoms in total. The molecule has 32 heavy (non-hydrogen) atoms. The molecule has 2 aromatic rings. The molecule has 1 atom stereocenters. The standard InChI is InChI=1S/C24H27FN4O3/c25-19-8-4-3-7-17(19)24(32)29-12-10-18-20(14-29)26-21(27-22(18)30)16-9-11-28(13-16)23(31)15-5-1-2-6-15/h3-4,7-8,15-16H,1-2,5-6,9-14H2,(H,26,27,30). The summed E-state index contributed by atoms with van der Waals surface area (Å²) in [6.07, 6.45) is 5.33. The predicted molar refractivity (Wildman–Crippen MR) is 116 cm³/mol. The summed E-state index contributed by atoms with van der Waals surface area (Å²) in [6, 6.07) is 5.92. The second-order valence-corrected chi connectivity index (χ2v) is 9.08. The lowest BCUT2D eigenvalue weighted by Gasteiger charge is -2.28. The zero-order valence-corrected chi connectivity index (χ0v) is 18.0. The van der Waals surface area contributed by atoms with Crippen LogP contribution in [0.2, 0.25) is 0 Å². The molecule has 1 aromatic carbocycles. The molecule has 1 unspecified atom stereocenters. The Morgan fingerprint density at radius 2 is 1.84 bits per heavy atom. The number of likely N-dealkylation sites (tertiary alicyclic amines) is 1. The number of nitrogens with zero attached hydrogens (tertiary/aromatic N) is 3. The maximum Gasteiger partial charge on any atom is 0.257 e. The van der Waals surface area contributed by atoms with E-state index in [1.165, 1.54) is 12.1 Å². The van der Waals surface area contributed by atoms with Crippen LogP contribution in [0.4, 0.5) is 4.39 Å². The Labute approximate surface area is 185 Å². The molecule has 1 aromatic heterocycles. The summed E-state index contributed by atoms with van der Waals surface area (Å²) in [5.41, 5.74) is 1.00. The number of aromatic amines is 1. The van der Waals surface area contributed by atoms with E-state index in [4.69, 9.17) is 4.98 Å². The number of amides is 2. The fraction of sp³-hybridized carbons (Fsp3) is 0.500. The van der Waals surface area contributed by atoms with Gasteiger partial charge in [-0.25, -0.2) is 9.37 Å². The van der Waals surface area contributed by atoms with E-state index >= 15 is 0 Å².